The highest BCUT2D eigenvalue weighted by atomic mass is 127. The van der Waals surface area contributed by atoms with Crippen LogP contribution in [0.5, 0.6) is 0 Å². The Labute approximate surface area is 184 Å². The molecule has 1 fully saturated rings. The van der Waals surface area contributed by atoms with Crippen LogP contribution in [0.2, 0.25) is 0 Å². The number of ether oxygens (including phenoxy) is 1. The van der Waals surface area contributed by atoms with E-state index < -0.39 is 0 Å². The summed E-state index contributed by atoms with van der Waals surface area (Å²) in [4.78, 5) is 18.0. The number of carbonyl (C=O) groups is 1. The molecule has 1 heterocycles. The molecule has 2 N–H and O–H groups in total. The van der Waals surface area contributed by atoms with Gasteiger partial charge < -0.3 is 20.3 Å². The number of benzene rings is 1. The maximum Gasteiger partial charge on any atom is 0.409 e. The number of hydrogen-bond donors (Lipinski definition) is 2. The summed E-state index contributed by atoms with van der Waals surface area (Å²) in [5, 5.41) is 6.73. The fourth-order valence-corrected chi connectivity index (χ4v) is 3.13. The van der Waals surface area contributed by atoms with Crippen molar-refractivity contribution >= 4 is 36.0 Å². The molecule has 0 aromatic heterocycles. The fourth-order valence-electron chi connectivity index (χ4n) is 3.13. The van der Waals surface area contributed by atoms with E-state index in [1.807, 2.05) is 13.0 Å². The van der Waals surface area contributed by atoms with E-state index in [0.717, 1.165) is 30.9 Å². The largest absolute Gasteiger partial charge is 0.453 e. The topological polar surface area (TPSA) is 66.0 Å². The van der Waals surface area contributed by atoms with Gasteiger partial charge in [-0.1, -0.05) is 26.0 Å². The quantitative estimate of drug-likeness (QED) is 0.365. The van der Waals surface area contributed by atoms with Crippen molar-refractivity contribution in [2.24, 2.45) is 4.99 Å². The number of hydrogen-bond acceptors (Lipinski definition) is 3. The number of likely N-dealkylation sites (tertiary alicyclic amines) is 1. The Morgan fingerprint density at radius 3 is 2.61 bits per heavy atom. The van der Waals surface area contributed by atoms with E-state index in [4.69, 9.17) is 9.73 Å². The van der Waals surface area contributed by atoms with Gasteiger partial charge in [0.05, 0.1) is 13.7 Å². The molecule has 1 aromatic carbocycles. The molecule has 6 nitrogen and oxygen atoms in total. The van der Waals surface area contributed by atoms with E-state index in [9.17, 15) is 9.18 Å². The van der Waals surface area contributed by atoms with Crippen LogP contribution in [0.4, 0.5) is 9.18 Å². The van der Waals surface area contributed by atoms with Crippen molar-refractivity contribution in [2.75, 3.05) is 33.3 Å². The van der Waals surface area contributed by atoms with Crippen LogP contribution >= 0.6 is 24.0 Å². The molecule has 0 radical (unpaired) electrons. The Kier molecular flexibility index (Phi) is 9.98. The minimum absolute atomic E-state index is 0. The van der Waals surface area contributed by atoms with Gasteiger partial charge in [0.15, 0.2) is 5.96 Å². The Balaban J connectivity index is 0.00000392. The molecule has 2 rings (SSSR count). The molecule has 0 bridgehead atoms. The minimum atomic E-state index is -0.279. The Hall–Kier alpha value is -1.58. The number of amides is 1. The molecular formula is C20H32FIN4O2. The fraction of sp³-hybridized carbons (Fsp3) is 0.600. The number of carbonyl (C=O) groups excluding carboxylic acids is 1. The second-order valence-electron chi connectivity index (χ2n) is 7.47. The first-order valence-corrected chi connectivity index (χ1v) is 9.49. The number of nitrogens with one attached hydrogen (secondary N) is 2. The van der Waals surface area contributed by atoms with Gasteiger partial charge >= 0.3 is 6.09 Å². The van der Waals surface area contributed by atoms with Gasteiger partial charge in [0.1, 0.15) is 5.82 Å². The van der Waals surface area contributed by atoms with E-state index in [1.54, 1.807) is 17.0 Å². The average Bonchev–Trinajstić information content (AvgIpc) is 2.66. The van der Waals surface area contributed by atoms with Crippen LogP contribution in [-0.4, -0.2) is 56.3 Å². The van der Waals surface area contributed by atoms with Gasteiger partial charge in [-0.3, -0.25) is 4.99 Å². The van der Waals surface area contributed by atoms with Crippen LogP contribution in [0, 0.1) is 5.82 Å². The lowest BCUT2D eigenvalue weighted by molar-refractivity contribution is 0.111. The van der Waals surface area contributed by atoms with Crippen LogP contribution in [0.25, 0.3) is 0 Å². The van der Waals surface area contributed by atoms with E-state index in [2.05, 4.69) is 24.5 Å². The molecule has 1 saturated heterocycles. The van der Waals surface area contributed by atoms with Crippen LogP contribution < -0.4 is 10.6 Å². The first-order chi connectivity index (χ1) is 12.9. The van der Waals surface area contributed by atoms with Gasteiger partial charge in [-0.2, -0.15) is 0 Å². The van der Waals surface area contributed by atoms with Crippen molar-refractivity contribution in [1.82, 2.24) is 15.5 Å². The maximum absolute atomic E-state index is 13.5. The Morgan fingerprint density at radius 2 is 2.04 bits per heavy atom. The van der Waals surface area contributed by atoms with Crippen LogP contribution in [0.3, 0.4) is 0 Å². The summed E-state index contributed by atoms with van der Waals surface area (Å²) in [6.07, 6.45) is 1.41. The molecule has 0 saturated carbocycles. The standard InChI is InChI=1S/C20H31FN4O2.HI/c1-5-22-18(24-17-9-11-25(12-10-17)19(26)27-4)23-14-20(2,3)15-7-6-8-16(21)13-15;/h6-8,13,17H,5,9-12,14H2,1-4H3,(H2,22,23,24);1H. The highest BCUT2D eigenvalue weighted by Gasteiger charge is 2.25. The minimum Gasteiger partial charge on any atom is -0.453 e. The van der Waals surface area contributed by atoms with Crippen molar-refractivity contribution in [1.29, 1.82) is 0 Å². The van der Waals surface area contributed by atoms with E-state index >= 15 is 0 Å². The van der Waals surface area contributed by atoms with Crippen molar-refractivity contribution in [3.63, 3.8) is 0 Å². The highest BCUT2D eigenvalue weighted by Crippen LogP contribution is 2.24. The molecule has 8 heteroatoms. The summed E-state index contributed by atoms with van der Waals surface area (Å²) in [7, 11) is 1.41. The number of methoxy groups -OCH3 is 1. The number of nitrogens with zero attached hydrogens (tertiary/aromatic N) is 2. The van der Waals surface area contributed by atoms with Crippen molar-refractivity contribution < 1.29 is 13.9 Å². The lowest BCUT2D eigenvalue weighted by atomic mass is 9.85. The molecule has 28 heavy (non-hydrogen) atoms. The van der Waals surface area contributed by atoms with E-state index in [-0.39, 0.29) is 47.3 Å². The van der Waals surface area contributed by atoms with Crippen LogP contribution in [0.15, 0.2) is 29.3 Å². The number of guanidine groups is 1. The third-order valence-corrected chi connectivity index (χ3v) is 4.85. The molecule has 0 aliphatic carbocycles. The molecule has 1 amide bonds. The highest BCUT2D eigenvalue weighted by molar-refractivity contribution is 14.0. The van der Waals surface area contributed by atoms with Gasteiger partial charge in [-0.25, -0.2) is 9.18 Å². The normalized spacial score (nSPS) is 15.6. The third kappa shape index (κ3) is 7.10. The smallest absolute Gasteiger partial charge is 0.409 e. The van der Waals surface area contributed by atoms with E-state index in [1.165, 1.54) is 13.2 Å². The zero-order valence-electron chi connectivity index (χ0n) is 17.1. The predicted octanol–water partition coefficient (Wildman–Crippen LogP) is 3.51. The lowest BCUT2D eigenvalue weighted by Gasteiger charge is -2.32. The van der Waals surface area contributed by atoms with Gasteiger partial charge in [0, 0.05) is 31.1 Å². The Bertz CT molecular complexity index is 661. The van der Waals surface area contributed by atoms with Gasteiger partial charge in [0.25, 0.3) is 0 Å². The molecular weight excluding hydrogens is 474 g/mol. The lowest BCUT2D eigenvalue weighted by Crippen LogP contribution is -2.50. The molecule has 0 spiro atoms. The summed E-state index contributed by atoms with van der Waals surface area (Å²) in [5.74, 6) is 0.519. The summed E-state index contributed by atoms with van der Waals surface area (Å²) in [6, 6.07) is 6.94. The molecule has 0 atom stereocenters. The van der Waals surface area contributed by atoms with E-state index in [0.29, 0.717) is 19.6 Å². The Morgan fingerprint density at radius 1 is 1.36 bits per heavy atom. The maximum atomic E-state index is 13.5. The zero-order valence-corrected chi connectivity index (χ0v) is 19.5. The molecule has 1 aromatic rings. The summed E-state index contributed by atoms with van der Waals surface area (Å²) in [6.45, 7) is 8.76. The summed E-state index contributed by atoms with van der Waals surface area (Å²) < 4.78 is 18.3. The molecule has 1 aliphatic rings. The average molecular weight is 506 g/mol. The second kappa shape index (κ2) is 11.4. The SMILES string of the molecule is CCNC(=NCC(C)(C)c1cccc(F)c1)NC1CCN(C(=O)OC)CC1.I. The molecule has 1 aliphatic heterocycles. The predicted molar refractivity (Wildman–Crippen MR) is 121 cm³/mol. The third-order valence-electron chi connectivity index (χ3n) is 4.85. The monoisotopic (exact) mass is 506 g/mol. The number of piperidine rings is 1. The number of aliphatic imine (C=N–C) groups is 1. The molecule has 158 valence electrons. The van der Waals surface area contributed by atoms with Gasteiger partial charge in [-0.15, -0.1) is 24.0 Å². The van der Waals surface area contributed by atoms with Crippen LogP contribution in [0.1, 0.15) is 39.2 Å². The second-order valence-corrected chi connectivity index (χ2v) is 7.47. The number of halogens is 2. The van der Waals surface area contributed by atoms with Crippen molar-refractivity contribution in [3.8, 4) is 0 Å². The molecule has 0 unspecified atom stereocenters. The van der Waals surface area contributed by atoms with Crippen molar-refractivity contribution in [3.05, 3.63) is 35.6 Å². The first-order valence-electron chi connectivity index (χ1n) is 9.49. The van der Waals surface area contributed by atoms with Gasteiger partial charge in [0.2, 0.25) is 0 Å². The zero-order chi connectivity index (χ0) is 19.9. The summed E-state index contributed by atoms with van der Waals surface area (Å²) >= 11 is 0. The van der Waals surface area contributed by atoms with Crippen molar-refractivity contribution in [2.45, 2.75) is 45.1 Å². The van der Waals surface area contributed by atoms with Crippen LogP contribution in [-0.2, 0) is 10.2 Å². The van der Waals surface area contributed by atoms with Gasteiger partial charge in [-0.05, 0) is 37.5 Å². The first kappa shape index (κ1) is 24.5. The summed E-state index contributed by atoms with van der Waals surface area (Å²) in [5.41, 5.74) is 0.645. The number of rotatable bonds is 5.